The van der Waals surface area contributed by atoms with Crippen LogP contribution in [-0.4, -0.2) is 50.3 Å². The first-order chi connectivity index (χ1) is 13.7. The monoisotopic (exact) mass is 381 g/mol. The minimum atomic E-state index is -0.407. The van der Waals surface area contributed by atoms with Crippen LogP contribution in [0.3, 0.4) is 0 Å². The van der Waals surface area contributed by atoms with Crippen LogP contribution < -0.4 is 15.4 Å². The maximum Gasteiger partial charge on any atom is 0.229 e. The Balaban J connectivity index is 1.42. The summed E-state index contributed by atoms with van der Waals surface area (Å²) >= 11 is 0. The Hall–Kier alpha value is -2.44. The van der Waals surface area contributed by atoms with Crippen LogP contribution in [-0.2, 0) is 22.4 Å². The third-order valence-electron chi connectivity index (χ3n) is 5.85. The van der Waals surface area contributed by atoms with Crippen molar-refractivity contribution < 1.29 is 14.3 Å². The van der Waals surface area contributed by atoms with Crippen molar-refractivity contribution in [1.82, 2.24) is 15.6 Å². The Labute approximate surface area is 165 Å². The molecule has 0 unspecified atom stereocenters. The Morgan fingerprint density at radius 1 is 1.25 bits per heavy atom. The number of rotatable bonds is 7. The van der Waals surface area contributed by atoms with E-state index in [-0.39, 0.29) is 17.9 Å². The first kappa shape index (κ1) is 18.9. The normalized spacial score (nSPS) is 23.0. The van der Waals surface area contributed by atoms with Gasteiger partial charge in [-0.3, -0.25) is 9.78 Å². The van der Waals surface area contributed by atoms with E-state index in [2.05, 4.69) is 21.7 Å². The zero-order valence-corrected chi connectivity index (χ0v) is 16.2. The molecule has 2 N–H and O–H groups in total. The molecule has 2 saturated heterocycles. The van der Waals surface area contributed by atoms with Crippen molar-refractivity contribution in [1.29, 1.82) is 0 Å². The Bertz CT molecular complexity index is 808. The van der Waals surface area contributed by atoms with Gasteiger partial charge in [-0.05, 0) is 48.2 Å². The number of benzene rings is 1. The van der Waals surface area contributed by atoms with Crippen molar-refractivity contribution >= 4 is 5.91 Å². The second-order valence-electron chi connectivity index (χ2n) is 7.85. The predicted molar refractivity (Wildman–Crippen MR) is 106 cm³/mol. The molecule has 1 amide bonds. The van der Waals surface area contributed by atoms with E-state index >= 15 is 0 Å². The largest absolute Gasteiger partial charge is 0.497 e. The molecule has 4 rings (SSSR count). The van der Waals surface area contributed by atoms with E-state index in [1.807, 2.05) is 42.7 Å². The lowest BCUT2D eigenvalue weighted by atomic mass is 9.75. The highest BCUT2D eigenvalue weighted by atomic mass is 16.5. The molecule has 2 aliphatic heterocycles. The van der Waals surface area contributed by atoms with Crippen LogP contribution in [0.15, 0.2) is 48.8 Å². The van der Waals surface area contributed by atoms with Crippen LogP contribution in [0.4, 0.5) is 0 Å². The number of nitrogens with one attached hydrogen (secondary N) is 2. The van der Waals surface area contributed by atoms with Gasteiger partial charge in [0.15, 0.2) is 0 Å². The quantitative estimate of drug-likeness (QED) is 0.762. The predicted octanol–water partition coefficient (Wildman–Crippen LogP) is 1.60. The molecule has 2 aromatic rings. The summed E-state index contributed by atoms with van der Waals surface area (Å²) in [6.07, 6.45) is 5.20. The fourth-order valence-corrected chi connectivity index (χ4v) is 4.07. The number of pyridine rings is 1. The zero-order chi connectivity index (χ0) is 19.4. The summed E-state index contributed by atoms with van der Waals surface area (Å²) < 4.78 is 11.0. The van der Waals surface area contributed by atoms with Gasteiger partial charge >= 0.3 is 0 Å². The average Bonchev–Trinajstić information content (AvgIpc) is 3.12. The van der Waals surface area contributed by atoms with Crippen molar-refractivity contribution in [3.05, 3.63) is 59.9 Å². The van der Waals surface area contributed by atoms with E-state index in [0.717, 1.165) is 17.7 Å². The lowest BCUT2D eigenvalue weighted by Crippen LogP contribution is -2.64. The van der Waals surface area contributed by atoms with E-state index in [1.54, 1.807) is 7.11 Å². The molecule has 2 aliphatic rings. The molecular weight excluding hydrogens is 354 g/mol. The van der Waals surface area contributed by atoms with Gasteiger partial charge in [-0.25, -0.2) is 0 Å². The van der Waals surface area contributed by atoms with Crippen molar-refractivity contribution in [3.8, 4) is 5.75 Å². The molecule has 3 heterocycles. The standard InChI is InChI=1S/C22H27N3O3/c1-27-19-4-2-3-17(10-19)11-22(14-24-15-22)21(26)25-20-13-28-12-18(20)9-16-5-7-23-8-6-16/h2-8,10,18,20,24H,9,11-15H2,1H3,(H,25,26)/t18-,20-/m1/s1. The van der Waals surface area contributed by atoms with Crippen LogP contribution in [0, 0.1) is 11.3 Å². The van der Waals surface area contributed by atoms with Gasteiger partial charge in [0.1, 0.15) is 5.75 Å². The third-order valence-corrected chi connectivity index (χ3v) is 5.85. The second-order valence-corrected chi connectivity index (χ2v) is 7.85. The van der Waals surface area contributed by atoms with E-state index in [4.69, 9.17) is 9.47 Å². The summed E-state index contributed by atoms with van der Waals surface area (Å²) in [6.45, 7) is 2.63. The molecule has 28 heavy (non-hydrogen) atoms. The van der Waals surface area contributed by atoms with Crippen molar-refractivity contribution in [2.75, 3.05) is 33.4 Å². The molecular formula is C22H27N3O3. The van der Waals surface area contributed by atoms with Gasteiger partial charge < -0.3 is 20.1 Å². The molecule has 1 aromatic carbocycles. The van der Waals surface area contributed by atoms with Gasteiger partial charge in [-0.2, -0.15) is 0 Å². The van der Waals surface area contributed by atoms with Crippen molar-refractivity contribution in [3.63, 3.8) is 0 Å². The summed E-state index contributed by atoms with van der Waals surface area (Å²) in [5.74, 6) is 1.22. The minimum absolute atomic E-state index is 0.0449. The molecule has 0 aliphatic carbocycles. The number of carbonyl (C=O) groups excluding carboxylic acids is 1. The van der Waals surface area contributed by atoms with Gasteiger partial charge in [0.25, 0.3) is 0 Å². The minimum Gasteiger partial charge on any atom is -0.497 e. The second kappa shape index (κ2) is 8.29. The number of carbonyl (C=O) groups is 1. The van der Waals surface area contributed by atoms with Crippen LogP contribution >= 0.6 is 0 Å². The molecule has 148 valence electrons. The summed E-state index contributed by atoms with van der Waals surface area (Å²) in [6, 6.07) is 12.1. The number of nitrogens with zero attached hydrogens (tertiary/aromatic N) is 1. The van der Waals surface area contributed by atoms with Gasteiger partial charge in [0.05, 0.1) is 31.8 Å². The van der Waals surface area contributed by atoms with E-state index in [9.17, 15) is 4.79 Å². The number of methoxy groups -OCH3 is 1. The van der Waals surface area contributed by atoms with E-state index < -0.39 is 5.41 Å². The lowest BCUT2D eigenvalue weighted by Gasteiger charge is -2.42. The lowest BCUT2D eigenvalue weighted by molar-refractivity contribution is -0.135. The topological polar surface area (TPSA) is 72.5 Å². The molecule has 0 saturated carbocycles. The number of hydrogen-bond acceptors (Lipinski definition) is 5. The van der Waals surface area contributed by atoms with Crippen LogP contribution in [0.5, 0.6) is 5.75 Å². The zero-order valence-electron chi connectivity index (χ0n) is 16.2. The number of amides is 1. The highest BCUT2D eigenvalue weighted by Crippen LogP contribution is 2.30. The van der Waals surface area contributed by atoms with E-state index in [0.29, 0.717) is 32.7 Å². The van der Waals surface area contributed by atoms with Gasteiger partial charge in [0.2, 0.25) is 5.91 Å². The molecule has 2 atom stereocenters. The molecule has 1 aromatic heterocycles. The number of aromatic nitrogens is 1. The molecule has 0 radical (unpaired) electrons. The molecule has 0 spiro atoms. The first-order valence-corrected chi connectivity index (χ1v) is 9.80. The van der Waals surface area contributed by atoms with E-state index in [1.165, 1.54) is 5.56 Å². The number of hydrogen-bond donors (Lipinski definition) is 2. The summed E-state index contributed by atoms with van der Waals surface area (Å²) in [5.41, 5.74) is 1.93. The Kier molecular flexibility index (Phi) is 5.59. The van der Waals surface area contributed by atoms with Gasteiger partial charge in [0, 0.05) is 31.4 Å². The Morgan fingerprint density at radius 2 is 2.07 bits per heavy atom. The maximum atomic E-state index is 13.2. The van der Waals surface area contributed by atoms with Gasteiger partial charge in [-0.1, -0.05) is 12.1 Å². The molecule has 6 nitrogen and oxygen atoms in total. The van der Waals surface area contributed by atoms with Crippen molar-refractivity contribution in [2.24, 2.45) is 11.3 Å². The smallest absolute Gasteiger partial charge is 0.229 e. The highest BCUT2D eigenvalue weighted by Gasteiger charge is 2.45. The number of ether oxygens (including phenoxy) is 2. The van der Waals surface area contributed by atoms with Crippen LogP contribution in [0.25, 0.3) is 0 Å². The van der Waals surface area contributed by atoms with Gasteiger partial charge in [-0.15, -0.1) is 0 Å². The fourth-order valence-electron chi connectivity index (χ4n) is 4.07. The average molecular weight is 381 g/mol. The highest BCUT2D eigenvalue weighted by molar-refractivity contribution is 5.85. The summed E-state index contributed by atoms with van der Waals surface area (Å²) in [4.78, 5) is 17.3. The van der Waals surface area contributed by atoms with Crippen LogP contribution in [0.1, 0.15) is 11.1 Å². The first-order valence-electron chi connectivity index (χ1n) is 9.80. The Morgan fingerprint density at radius 3 is 2.79 bits per heavy atom. The SMILES string of the molecule is COc1cccc(CC2(C(=O)N[C@@H]3COC[C@H]3Cc3ccncc3)CNC2)c1. The van der Waals surface area contributed by atoms with Crippen LogP contribution in [0.2, 0.25) is 0 Å². The fraction of sp³-hybridized carbons (Fsp3) is 0.455. The third kappa shape index (κ3) is 4.03. The maximum absolute atomic E-state index is 13.2. The van der Waals surface area contributed by atoms with Crippen molar-refractivity contribution in [2.45, 2.75) is 18.9 Å². The summed E-state index contributed by atoms with van der Waals surface area (Å²) in [7, 11) is 1.66. The molecule has 2 fully saturated rings. The molecule has 6 heteroatoms. The summed E-state index contributed by atoms with van der Waals surface area (Å²) in [5, 5.41) is 6.57. The molecule has 0 bridgehead atoms.